The highest BCUT2D eigenvalue weighted by Crippen LogP contribution is 2.36. The van der Waals surface area contributed by atoms with Gasteiger partial charge in [0, 0.05) is 0 Å². The lowest BCUT2D eigenvalue weighted by atomic mass is 10.4. The third-order valence-electron chi connectivity index (χ3n) is 0.604. The van der Waals surface area contributed by atoms with Crippen LogP contribution in [0.2, 0.25) is 0 Å². The average molecular weight is 170 g/mol. The first-order chi connectivity index (χ1) is 4.49. The number of hydrogen-bond acceptors (Lipinski definition) is 4. The summed E-state index contributed by atoms with van der Waals surface area (Å²) in [7, 11) is -4.65. The molecule has 0 aliphatic rings. The number of aldehydes is 1. The molecule has 3 N–H and O–H groups in total. The molecule has 6 nitrogen and oxygen atoms in total. The summed E-state index contributed by atoms with van der Waals surface area (Å²) in [6.45, 7) is -0.741. The zero-order chi connectivity index (χ0) is 8.20. The van der Waals surface area contributed by atoms with Gasteiger partial charge in [-0.3, -0.25) is 4.52 Å². The second kappa shape index (κ2) is 3.80. The van der Waals surface area contributed by atoms with Gasteiger partial charge in [-0.05, 0) is 0 Å². The molecule has 0 aliphatic heterocycles. The Morgan fingerprint density at radius 2 is 2.10 bits per heavy atom. The van der Waals surface area contributed by atoms with Crippen LogP contribution in [-0.4, -0.2) is 33.9 Å². The molecule has 10 heavy (non-hydrogen) atoms. The van der Waals surface area contributed by atoms with Gasteiger partial charge in [-0.15, -0.1) is 0 Å². The molecule has 0 aliphatic carbocycles. The molecule has 0 aromatic rings. The number of phosphoric ester groups is 1. The predicted octanol–water partition coefficient (Wildman–Crippen LogP) is -1.34. The minimum absolute atomic E-state index is 0.110. The Labute approximate surface area is 56.7 Å². The normalized spacial score (nSPS) is 14.7. The molecule has 0 bridgehead atoms. The Bertz CT molecular complexity index is 149. The van der Waals surface area contributed by atoms with Gasteiger partial charge in [0.25, 0.3) is 0 Å². The highest BCUT2D eigenvalue weighted by Gasteiger charge is 2.20. The minimum Gasteiger partial charge on any atom is -0.393 e. The predicted molar refractivity (Wildman–Crippen MR) is 30.1 cm³/mol. The molecule has 0 saturated heterocycles. The summed E-state index contributed by atoms with van der Waals surface area (Å²) in [5, 5.41) is 8.19. The van der Waals surface area contributed by atoms with Crippen molar-refractivity contribution in [2.45, 2.75) is 6.10 Å². The number of aliphatic hydroxyl groups is 1. The van der Waals surface area contributed by atoms with E-state index in [4.69, 9.17) is 14.9 Å². The average Bonchev–Trinajstić information content (AvgIpc) is 1.81. The highest BCUT2D eigenvalue weighted by atomic mass is 31.2. The van der Waals surface area contributed by atoms with Crippen LogP contribution >= 0.6 is 7.82 Å². The number of aliphatic hydroxyl groups excluding tert-OH is 1. The standard InChI is InChI=1S/C3H7O6P/c4-1-3(2-5)9-10(6,7)8/h1,3,5H,2H2,(H2,6,7,8)/t3-/m0/s1. The smallest absolute Gasteiger partial charge is 0.393 e. The van der Waals surface area contributed by atoms with Gasteiger partial charge in [0.05, 0.1) is 6.61 Å². The molecule has 1 atom stereocenters. The lowest BCUT2D eigenvalue weighted by Gasteiger charge is -2.08. The largest absolute Gasteiger partial charge is 0.470 e. The van der Waals surface area contributed by atoms with E-state index < -0.39 is 20.5 Å². The third kappa shape index (κ3) is 4.60. The zero-order valence-corrected chi connectivity index (χ0v) is 5.77. The Balaban J connectivity index is 3.86. The molecule has 0 rings (SSSR count). The van der Waals surface area contributed by atoms with Crippen molar-refractivity contribution in [3.63, 3.8) is 0 Å². The molecule has 60 valence electrons. The molecule has 0 aromatic heterocycles. The van der Waals surface area contributed by atoms with E-state index in [-0.39, 0.29) is 6.29 Å². The fourth-order valence-electron chi connectivity index (χ4n) is 0.278. The highest BCUT2D eigenvalue weighted by molar-refractivity contribution is 7.46. The SMILES string of the molecule is O=C[C@@H](CO)OP(=O)(O)O. The van der Waals surface area contributed by atoms with Crippen LogP contribution in [-0.2, 0) is 13.9 Å². The van der Waals surface area contributed by atoms with Crippen LogP contribution in [0.1, 0.15) is 0 Å². The van der Waals surface area contributed by atoms with Crippen LogP contribution < -0.4 is 0 Å². The summed E-state index contributed by atoms with van der Waals surface area (Å²) in [5.74, 6) is 0. The van der Waals surface area contributed by atoms with Crippen LogP contribution in [0.4, 0.5) is 0 Å². The molecule has 7 heteroatoms. The summed E-state index contributed by atoms with van der Waals surface area (Å²) in [6.07, 6.45) is -1.33. The molecule has 0 heterocycles. The topological polar surface area (TPSA) is 104 Å². The zero-order valence-electron chi connectivity index (χ0n) is 4.88. The Morgan fingerprint density at radius 1 is 1.60 bits per heavy atom. The van der Waals surface area contributed by atoms with Gasteiger partial charge in [-0.2, -0.15) is 0 Å². The molecule has 0 spiro atoms. The molecule has 0 amide bonds. The maximum atomic E-state index is 9.96. The first kappa shape index (κ1) is 9.74. The van der Waals surface area contributed by atoms with Crippen LogP contribution in [0.5, 0.6) is 0 Å². The van der Waals surface area contributed by atoms with Crippen molar-refractivity contribution in [1.29, 1.82) is 0 Å². The van der Waals surface area contributed by atoms with E-state index in [0.717, 1.165) is 0 Å². The maximum Gasteiger partial charge on any atom is 0.470 e. The van der Waals surface area contributed by atoms with Gasteiger partial charge in [0.15, 0.2) is 6.29 Å². The fraction of sp³-hybridized carbons (Fsp3) is 0.667. The summed E-state index contributed by atoms with van der Waals surface area (Å²) in [5.41, 5.74) is 0. The van der Waals surface area contributed by atoms with Crippen LogP contribution in [0.3, 0.4) is 0 Å². The lowest BCUT2D eigenvalue weighted by molar-refractivity contribution is -0.116. The van der Waals surface area contributed by atoms with Crippen LogP contribution in [0.15, 0.2) is 0 Å². The van der Waals surface area contributed by atoms with E-state index in [2.05, 4.69) is 4.52 Å². The van der Waals surface area contributed by atoms with E-state index in [1.165, 1.54) is 0 Å². The quantitative estimate of drug-likeness (QED) is 0.356. The molecular formula is C3H7O6P. The summed E-state index contributed by atoms with van der Waals surface area (Å²) < 4.78 is 13.7. The number of carbonyl (C=O) groups excluding carboxylic acids is 1. The second-order valence-corrected chi connectivity index (χ2v) is 2.65. The maximum absolute atomic E-state index is 9.96. The van der Waals surface area contributed by atoms with Crippen molar-refractivity contribution < 1.29 is 28.8 Å². The minimum atomic E-state index is -4.65. The van der Waals surface area contributed by atoms with Crippen LogP contribution in [0, 0.1) is 0 Å². The van der Waals surface area contributed by atoms with Gasteiger partial charge in [-0.1, -0.05) is 0 Å². The number of phosphoric acid groups is 1. The van der Waals surface area contributed by atoms with Gasteiger partial charge < -0.3 is 19.7 Å². The van der Waals surface area contributed by atoms with Crippen molar-refractivity contribution >= 4 is 14.1 Å². The van der Waals surface area contributed by atoms with E-state index >= 15 is 0 Å². The first-order valence-electron chi connectivity index (χ1n) is 2.29. The Kier molecular flexibility index (Phi) is 3.70. The van der Waals surface area contributed by atoms with E-state index in [1.54, 1.807) is 0 Å². The van der Waals surface area contributed by atoms with Gasteiger partial charge in [-0.25, -0.2) is 4.57 Å². The van der Waals surface area contributed by atoms with Crippen LogP contribution in [0.25, 0.3) is 0 Å². The van der Waals surface area contributed by atoms with Gasteiger partial charge >= 0.3 is 7.82 Å². The van der Waals surface area contributed by atoms with E-state index in [1.807, 2.05) is 0 Å². The molecule has 0 radical (unpaired) electrons. The Morgan fingerprint density at radius 3 is 2.20 bits per heavy atom. The first-order valence-corrected chi connectivity index (χ1v) is 3.82. The molecular weight excluding hydrogens is 163 g/mol. The Hall–Kier alpha value is -0.260. The van der Waals surface area contributed by atoms with Gasteiger partial charge in [0.1, 0.15) is 6.10 Å². The molecule has 0 saturated carbocycles. The number of rotatable bonds is 4. The molecule has 0 aromatic carbocycles. The van der Waals surface area contributed by atoms with Crippen molar-refractivity contribution in [3.8, 4) is 0 Å². The lowest BCUT2D eigenvalue weighted by Crippen LogP contribution is -2.17. The number of carbonyl (C=O) groups is 1. The summed E-state index contributed by atoms with van der Waals surface area (Å²) in [6, 6.07) is 0. The van der Waals surface area contributed by atoms with Crippen molar-refractivity contribution in [2.24, 2.45) is 0 Å². The summed E-state index contributed by atoms with van der Waals surface area (Å²) >= 11 is 0. The van der Waals surface area contributed by atoms with Crippen molar-refractivity contribution in [1.82, 2.24) is 0 Å². The molecule has 0 fully saturated rings. The monoisotopic (exact) mass is 170 g/mol. The molecule has 0 unspecified atom stereocenters. The fourth-order valence-corrected chi connectivity index (χ4v) is 0.747. The van der Waals surface area contributed by atoms with Crippen molar-refractivity contribution in [3.05, 3.63) is 0 Å². The van der Waals surface area contributed by atoms with Gasteiger partial charge in [0.2, 0.25) is 0 Å². The van der Waals surface area contributed by atoms with E-state index in [0.29, 0.717) is 0 Å². The third-order valence-corrected chi connectivity index (χ3v) is 1.15. The number of hydrogen-bond donors (Lipinski definition) is 3. The second-order valence-electron chi connectivity index (χ2n) is 1.45. The summed E-state index contributed by atoms with van der Waals surface area (Å²) in [4.78, 5) is 25.9. The van der Waals surface area contributed by atoms with E-state index in [9.17, 15) is 9.36 Å². The van der Waals surface area contributed by atoms with Crippen molar-refractivity contribution in [2.75, 3.05) is 6.61 Å².